The van der Waals surface area contributed by atoms with E-state index in [-0.39, 0.29) is 0 Å². The van der Waals surface area contributed by atoms with Crippen LogP contribution >= 0.6 is 0 Å². The van der Waals surface area contributed by atoms with E-state index >= 15 is 0 Å². The molecule has 0 bridgehead atoms. The van der Waals surface area contributed by atoms with Crippen LogP contribution in [0, 0.1) is 11.3 Å². The van der Waals surface area contributed by atoms with Gasteiger partial charge in [-0.3, -0.25) is 0 Å². The SMILES string of the molecule is CCCC1CC(NCc2cccc(C#N)c2)CCO1. The highest BCUT2D eigenvalue weighted by molar-refractivity contribution is 5.32. The van der Waals surface area contributed by atoms with Crippen LogP contribution in [-0.2, 0) is 11.3 Å². The summed E-state index contributed by atoms with van der Waals surface area (Å²) in [7, 11) is 0. The third-order valence-corrected chi connectivity index (χ3v) is 3.63. The number of nitriles is 1. The molecule has 2 rings (SSSR count). The number of hydrogen-bond donors (Lipinski definition) is 1. The highest BCUT2D eigenvalue weighted by Gasteiger charge is 2.21. The molecule has 2 atom stereocenters. The van der Waals surface area contributed by atoms with E-state index in [0.29, 0.717) is 12.1 Å². The van der Waals surface area contributed by atoms with Gasteiger partial charge < -0.3 is 10.1 Å². The van der Waals surface area contributed by atoms with Crippen molar-refractivity contribution in [3.8, 4) is 6.07 Å². The van der Waals surface area contributed by atoms with Gasteiger partial charge in [0.2, 0.25) is 0 Å². The summed E-state index contributed by atoms with van der Waals surface area (Å²) in [5.74, 6) is 0. The van der Waals surface area contributed by atoms with Gasteiger partial charge in [-0.05, 0) is 37.0 Å². The van der Waals surface area contributed by atoms with Crippen molar-refractivity contribution in [2.24, 2.45) is 0 Å². The van der Waals surface area contributed by atoms with Crippen molar-refractivity contribution in [2.75, 3.05) is 6.61 Å². The Hall–Kier alpha value is -1.37. The zero-order chi connectivity index (χ0) is 13.5. The average Bonchev–Trinajstić information content (AvgIpc) is 2.46. The van der Waals surface area contributed by atoms with E-state index in [1.165, 1.54) is 12.0 Å². The fraction of sp³-hybridized carbons (Fsp3) is 0.562. The number of nitrogens with zero attached hydrogens (tertiary/aromatic N) is 1. The average molecular weight is 258 g/mol. The van der Waals surface area contributed by atoms with Crippen LogP contribution in [0.1, 0.15) is 43.7 Å². The summed E-state index contributed by atoms with van der Waals surface area (Å²) in [6.07, 6.45) is 4.94. The highest BCUT2D eigenvalue weighted by atomic mass is 16.5. The van der Waals surface area contributed by atoms with Crippen LogP contribution in [-0.4, -0.2) is 18.8 Å². The minimum absolute atomic E-state index is 0.418. The summed E-state index contributed by atoms with van der Waals surface area (Å²) in [5, 5.41) is 12.5. The molecule has 1 fully saturated rings. The maximum Gasteiger partial charge on any atom is 0.0991 e. The van der Waals surface area contributed by atoms with Gasteiger partial charge in [0.15, 0.2) is 0 Å². The lowest BCUT2D eigenvalue weighted by atomic mass is 10.00. The third-order valence-electron chi connectivity index (χ3n) is 3.63. The van der Waals surface area contributed by atoms with Crippen molar-refractivity contribution in [3.05, 3.63) is 35.4 Å². The molecule has 0 saturated carbocycles. The first kappa shape index (κ1) is 14.0. The molecular weight excluding hydrogens is 236 g/mol. The first-order valence-electron chi connectivity index (χ1n) is 7.16. The van der Waals surface area contributed by atoms with Gasteiger partial charge in [-0.2, -0.15) is 5.26 Å². The van der Waals surface area contributed by atoms with Crippen molar-refractivity contribution in [1.82, 2.24) is 5.32 Å². The fourth-order valence-electron chi connectivity index (χ4n) is 2.60. The van der Waals surface area contributed by atoms with Crippen molar-refractivity contribution < 1.29 is 4.74 Å². The van der Waals surface area contributed by atoms with Gasteiger partial charge in [0.1, 0.15) is 0 Å². The quantitative estimate of drug-likeness (QED) is 0.883. The molecule has 0 amide bonds. The summed E-state index contributed by atoms with van der Waals surface area (Å²) in [4.78, 5) is 0. The number of nitrogens with one attached hydrogen (secondary N) is 1. The first-order chi connectivity index (χ1) is 9.31. The Bertz CT molecular complexity index is 437. The lowest BCUT2D eigenvalue weighted by molar-refractivity contribution is -0.00342. The zero-order valence-corrected chi connectivity index (χ0v) is 11.6. The number of rotatable bonds is 5. The van der Waals surface area contributed by atoms with Crippen LogP contribution in [0.25, 0.3) is 0 Å². The van der Waals surface area contributed by atoms with Gasteiger partial charge in [-0.1, -0.05) is 25.5 Å². The molecule has 1 N–H and O–H groups in total. The Morgan fingerprint density at radius 2 is 2.37 bits per heavy atom. The number of hydrogen-bond acceptors (Lipinski definition) is 3. The summed E-state index contributed by atoms with van der Waals surface area (Å²) in [6, 6.07) is 10.5. The molecule has 2 unspecified atom stereocenters. The normalized spacial score (nSPS) is 22.9. The lowest BCUT2D eigenvalue weighted by Gasteiger charge is -2.30. The predicted molar refractivity (Wildman–Crippen MR) is 75.7 cm³/mol. The van der Waals surface area contributed by atoms with E-state index in [1.54, 1.807) is 0 Å². The Balaban J connectivity index is 1.83. The van der Waals surface area contributed by atoms with E-state index in [9.17, 15) is 0 Å². The van der Waals surface area contributed by atoms with E-state index < -0.39 is 0 Å². The largest absolute Gasteiger partial charge is 0.378 e. The minimum Gasteiger partial charge on any atom is -0.378 e. The Morgan fingerprint density at radius 3 is 3.16 bits per heavy atom. The van der Waals surface area contributed by atoms with E-state index in [2.05, 4.69) is 24.4 Å². The Morgan fingerprint density at radius 1 is 1.47 bits per heavy atom. The molecule has 3 heteroatoms. The van der Waals surface area contributed by atoms with Crippen LogP contribution in [0.2, 0.25) is 0 Å². The lowest BCUT2D eigenvalue weighted by Crippen LogP contribution is -2.38. The first-order valence-corrected chi connectivity index (χ1v) is 7.16. The van der Waals surface area contributed by atoms with Gasteiger partial charge in [-0.15, -0.1) is 0 Å². The molecule has 1 saturated heterocycles. The van der Waals surface area contributed by atoms with Gasteiger partial charge in [0.05, 0.1) is 17.7 Å². The summed E-state index contributed by atoms with van der Waals surface area (Å²) in [5.41, 5.74) is 1.91. The van der Waals surface area contributed by atoms with Crippen molar-refractivity contribution in [2.45, 2.75) is 51.3 Å². The molecule has 0 spiro atoms. The van der Waals surface area contributed by atoms with Crippen LogP contribution in [0.3, 0.4) is 0 Å². The molecule has 19 heavy (non-hydrogen) atoms. The maximum absolute atomic E-state index is 8.89. The van der Waals surface area contributed by atoms with Crippen LogP contribution in [0.5, 0.6) is 0 Å². The molecule has 3 nitrogen and oxygen atoms in total. The Kier molecular flexibility index (Phi) is 5.38. The smallest absolute Gasteiger partial charge is 0.0991 e. The fourth-order valence-corrected chi connectivity index (χ4v) is 2.60. The van der Waals surface area contributed by atoms with Crippen LogP contribution in [0.15, 0.2) is 24.3 Å². The monoisotopic (exact) mass is 258 g/mol. The molecule has 1 aromatic rings. The molecule has 0 aromatic heterocycles. The van der Waals surface area contributed by atoms with Crippen molar-refractivity contribution in [3.63, 3.8) is 0 Å². The summed E-state index contributed by atoms with van der Waals surface area (Å²) in [6.45, 7) is 3.90. The molecule has 1 aliphatic heterocycles. The zero-order valence-electron chi connectivity index (χ0n) is 11.6. The summed E-state index contributed by atoms with van der Waals surface area (Å²) >= 11 is 0. The number of ether oxygens (including phenoxy) is 1. The topological polar surface area (TPSA) is 45.0 Å². The van der Waals surface area contributed by atoms with Crippen LogP contribution in [0.4, 0.5) is 0 Å². The molecule has 0 radical (unpaired) electrons. The van der Waals surface area contributed by atoms with Crippen LogP contribution < -0.4 is 5.32 Å². The second-order valence-electron chi connectivity index (χ2n) is 5.20. The second-order valence-corrected chi connectivity index (χ2v) is 5.20. The predicted octanol–water partition coefficient (Wildman–Crippen LogP) is 3.00. The molecule has 1 aliphatic rings. The maximum atomic E-state index is 8.89. The van der Waals surface area contributed by atoms with Gasteiger partial charge in [0, 0.05) is 19.2 Å². The van der Waals surface area contributed by atoms with Crippen molar-refractivity contribution in [1.29, 1.82) is 5.26 Å². The van der Waals surface area contributed by atoms with E-state index in [1.807, 2.05) is 18.2 Å². The third kappa shape index (κ3) is 4.34. The van der Waals surface area contributed by atoms with Gasteiger partial charge in [-0.25, -0.2) is 0 Å². The molecule has 1 aromatic carbocycles. The molecule has 0 aliphatic carbocycles. The second kappa shape index (κ2) is 7.28. The summed E-state index contributed by atoms with van der Waals surface area (Å²) < 4.78 is 5.75. The number of benzene rings is 1. The standard InChI is InChI=1S/C16H22N2O/c1-2-4-16-10-15(7-8-19-16)18-12-14-6-3-5-13(9-14)11-17/h3,5-6,9,15-16,18H,2,4,7-8,10,12H2,1H3. The highest BCUT2D eigenvalue weighted by Crippen LogP contribution is 2.18. The van der Waals surface area contributed by atoms with E-state index in [0.717, 1.165) is 38.0 Å². The molecule has 1 heterocycles. The van der Waals surface area contributed by atoms with Gasteiger partial charge >= 0.3 is 0 Å². The minimum atomic E-state index is 0.418. The molecule has 102 valence electrons. The van der Waals surface area contributed by atoms with Crippen molar-refractivity contribution >= 4 is 0 Å². The molecular formula is C16H22N2O. The van der Waals surface area contributed by atoms with Gasteiger partial charge in [0.25, 0.3) is 0 Å². The Labute approximate surface area is 115 Å². The van der Waals surface area contributed by atoms with E-state index in [4.69, 9.17) is 10.00 Å².